The Kier molecular flexibility index (Phi) is 4.96. The monoisotopic (exact) mass is 380 g/mol. The van der Waals surface area contributed by atoms with Gasteiger partial charge in [0.2, 0.25) is 0 Å². The molecule has 140 valence electrons. The molecular weight excluding hydrogens is 356 g/mol. The number of thiophene rings is 1. The average molecular weight is 381 g/mol. The molecule has 0 aromatic carbocycles. The molecule has 0 spiro atoms. The van der Waals surface area contributed by atoms with E-state index in [4.69, 9.17) is 10.7 Å². The fourth-order valence-electron chi connectivity index (χ4n) is 3.72. The topological polar surface area (TPSA) is 80.3 Å². The summed E-state index contributed by atoms with van der Waals surface area (Å²) in [6, 6.07) is 2.10. The van der Waals surface area contributed by atoms with Gasteiger partial charge in [0.05, 0.1) is 11.9 Å². The van der Waals surface area contributed by atoms with E-state index < -0.39 is 0 Å². The second-order valence-electron chi connectivity index (χ2n) is 6.70. The second-order valence-corrected chi connectivity index (χ2v) is 7.48. The quantitative estimate of drug-likeness (QED) is 0.592. The number of piperidine rings is 1. The minimum Gasteiger partial charge on any atom is -0.393 e. The van der Waals surface area contributed by atoms with Gasteiger partial charge in [-0.3, -0.25) is 0 Å². The van der Waals surface area contributed by atoms with E-state index in [9.17, 15) is 0 Å². The van der Waals surface area contributed by atoms with E-state index in [-0.39, 0.29) is 0 Å². The Morgan fingerprint density at radius 1 is 1.52 bits per heavy atom. The van der Waals surface area contributed by atoms with Crippen molar-refractivity contribution in [1.82, 2.24) is 25.2 Å². The first-order valence-electron chi connectivity index (χ1n) is 9.15. The van der Waals surface area contributed by atoms with Gasteiger partial charge in [0.1, 0.15) is 5.82 Å². The minimum atomic E-state index is 0.337. The molecule has 27 heavy (non-hydrogen) atoms. The fraction of sp³-hybridized carbons (Fsp3) is 0.300. The summed E-state index contributed by atoms with van der Waals surface area (Å²) < 4.78 is 1.75. The Hall–Kier alpha value is -2.64. The van der Waals surface area contributed by atoms with Crippen LogP contribution in [-0.4, -0.2) is 34.7 Å². The van der Waals surface area contributed by atoms with Crippen molar-refractivity contribution in [3.63, 3.8) is 0 Å². The molecule has 0 bridgehead atoms. The lowest BCUT2D eigenvalue weighted by Crippen LogP contribution is -2.29. The van der Waals surface area contributed by atoms with Crippen LogP contribution < -0.4 is 16.4 Å². The molecule has 1 fully saturated rings. The Morgan fingerprint density at radius 2 is 2.41 bits per heavy atom. The number of nitrogens with two attached hydrogens (primary N) is 1. The predicted octanol–water partition coefficient (Wildman–Crippen LogP) is 3.25. The van der Waals surface area contributed by atoms with E-state index in [1.807, 2.05) is 19.4 Å². The van der Waals surface area contributed by atoms with Gasteiger partial charge in [-0.1, -0.05) is 12.7 Å². The lowest BCUT2D eigenvalue weighted by atomic mass is 9.91. The zero-order valence-corrected chi connectivity index (χ0v) is 16.2. The van der Waals surface area contributed by atoms with Gasteiger partial charge in [-0.05, 0) is 41.8 Å². The number of aromatic nitrogens is 3. The number of nitrogens with one attached hydrogen (secondary N) is 2. The van der Waals surface area contributed by atoms with Crippen molar-refractivity contribution in [2.24, 2.45) is 0 Å². The van der Waals surface area contributed by atoms with Gasteiger partial charge in [0.15, 0.2) is 5.65 Å². The number of nitrogen functional groups attached to an aromatic ring is 1. The third-order valence-electron chi connectivity index (χ3n) is 5.03. The van der Waals surface area contributed by atoms with Crippen molar-refractivity contribution in [3.8, 4) is 11.1 Å². The van der Waals surface area contributed by atoms with Gasteiger partial charge in [0.25, 0.3) is 0 Å². The largest absolute Gasteiger partial charge is 0.393 e. The lowest BCUT2D eigenvalue weighted by Gasteiger charge is -2.25. The third-order valence-corrected chi connectivity index (χ3v) is 5.72. The molecule has 1 saturated heterocycles. The summed E-state index contributed by atoms with van der Waals surface area (Å²) >= 11 is 1.66. The summed E-state index contributed by atoms with van der Waals surface area (Å²) in [5, 5.41) is 15.3. The highest BCUT2D eigenvalue weighted by atomic mass is 32.1. The van der Waals surface area contributed by atoms with E-state index in [0.29, 0.717) is 11.7 Å². The van der Waals surface area contributed by atoms with Crippen LogP contribution >= 0.6 is 11.3 Å². The standard InChI is InChI=1S/C20H24N6S/c1-3-13(9-22-2)16-11-24-26-19(21)17(15-6-8-27-12-15)18(25-20(16)26)14-5-4-7-23-10-14/h3,6,8-9,11-12,14,22-23H,1,4-5,7,10,21H2,2H3/b13-9+. The van der Waals surface area contributed by atoms with Crippen molar-refractivity contribution in [1.29, 1.82) is 0 Å². The maximum atomic E-state index is 6.63. The third kappa shape index (κ3) is 3.13. The number of anilines is 1. The maximum Gasteiger partial charge on any atom is 0.165 e. The molecule has 4 heterocycles. The molecule has 0 radical (unpaired) electrons. The molecular formula is C20H24N6S. The highest BCUT2D eigenvalue weighted by Gasteiger charge is 2.25. The van der Waals surface area contributed by atoms with Crippen LogP contribution in [0.3, 0.4) is 0 Å². The van der Waals surface area contributed by atoms with Crippen LogP contribution in [-0.2, 0) is 0 Å². The van der Waals surface area contributed by atoms with E-state index in [0.717, 1.165) is 59.5 Å². The number of fused-ring (bicyclic) bond motifs is 1. The summed E-state index contributed by atoms with van der Waals surface area (Å²) in [5.74, 6) is 0.974. The Balaban J connectivity index is 1.97. The molecule has 0 saturated carbocycles. The number of allylic oxidation sites excluding steroid dienone is 2. The minimum absolute atomic E-state index is 0.337. The van der Waals surface area contributed by atoms with Gasteiger partial charge in [-0.15, -0.1) is 0 Å². The van der Waals surface area contributed by atoms with Crippen LogP contribution in [0.4, 0.5) is 5.82 Å². The van der Waals surface area contributed by atoms with E-state index in [1.165, 1.54) is 0 Å². The summed E-state index contributed by atoms with van der Waals surface area (Å²) in [6.45, 7) is 5.90. The van der Waals surface area contributed by atoms with Gasteiger partial charge < -0.3 is 16.4 Å². The Labute approximate surface area is 162 Å². The van der Waals surface area contributed by atoms with Crippen LogP contribution in [0, 0.1) is 0 Å². The summed E-state index contributed by atoms with van der Waals surface area (Å²) in [4.78, 5) is 5.10. The van der Waals surface area contributed by atoms with Crippen LogP contribution in [0.15, 0.2) is 41.9 Å². The molecule has 0 aliphatic carbocycles. The number of nitrogens with zero attached hydrogens (tertiary/aromatic N) is 3. The molecule has 1 aliphatic heterocycles. The van der Waals surface area contributed by atoms with Crippen molar-refractivity contribution in [3.05, 3.63) is 53.1 Å². The summed E-state index contributed by atoms with van der Waals surface area (Å²) in [5.41, 5.74) is 12.4. The van der Waals surface area contributed by atoms with Crippen molar-refractivity contribution < 1.29 is 0 Å². The van der Waals surface area contributed by atoms with Gasteiger partial charge in [-0.25, -0.2) is 4.98 Å². The first-order valence-corrected chi connectivity index (χ1v) is 10.1. The smallest absolute Gasteiger partial charge is 0.165 e. The van der Waals surface area contributed by atoms with Gasteiger partial charge in [0, 0.05) is 42.4 Å². The molecule has 3 aromatic heterocycles. The van der Waals surface area contributed by atoms with Crippen LogP contribution in [0.5, 0.6) is 0 Å². The van der Waals surface area contributed by atoms with E-state index in [1.54, 1.807) is 21.9 Å². The summed E-state index contributed by atoms with van der Waals surface area (Å²) in [7, 11) is 1.87. The van der Waals surface area contributed by atoms with Gasteiger partial charge >= 0.3 is 0 Å². The average Bonchev–Trinajstić information content (AvgIpc) is 3.37. The number of hydrogen-bond acceptors (Lipinski definition) is 6. The lowest BCUT2D eigenvalue weighted by molar-refractivity contribution is 0.455. The Bertz CT molecular complexity index is 980. The van der Waals surface area contributed by atoms with Crippen molar-refractivity contribution in [2.75, 3.05) is 25.9 Å². The second kappa shape index (κ2) is 7.54. The molecule has 6 nitrogen and oxygen atoms in total. The first-order chi connectivity index (χ1) is 13.2. The van der Waals surface area contributed by atoms with E-state index in [2.05, 4.69) is 39.1 Å². The molecule has 0 amide bonds. The normalized spacial score (nSPS) is 18.0. The molecule has 1 atom stereocenters. The fourth-order valence-corrected chi connectivity index (χ4v) is 4.37. The zero-order chi connectivity index (χ0) is 18.8. The Morgan fingerprint density at radius 3 is 3.07 bits per heavy atom. The number of hydrogen-bond donors (Lipinski definition) is 3. The molecule has 4 rings (SSSR count). The first kappa shape index (κ1) is 17.8. The van der Waals surface area contributed by atoms with Crippen LogP contribution in [0.2, 0.25) is 0 Å². The van der Waals surface area contributed by atoms with Crippen molar-refractivity contribution >= 4 is 28.4 Å². The van der Waals surface area contributed by atoms with Crippen molar-refractivity contribution in [2.45, 2.75) is 18.8 Å². The highest BCUT2D eigenvalue weighted by Crippen LogP contribution is 2.38. The molecule has 4 N–H and O–H groups in total. The zero-order valence-electron chi connectivity index (χ0n) is 15.4. The van der Waals surface area contributed by atoms with Gasteiger partial charge in [-0.2, -0.15) is 21.0 Å². The number of rotatable bonds is 5. The maximum absolute atomic E-state index is 6.63. The SMILES string of the molecule is C=C/C(=C\NC)c1cnn2c(N)c(-c3ccsc3)c(C3CCCNC3)nc12. The van der Waals surface area contributed by atoms with E-state index >= 15 is 0 Å². The predicted molar refractivity (Wildman–Crippen MR) is 113 cm³/mol. The molecule has 1 aliphatic rings. The molecule has 1 unspecified atom stereocenters. The molecule has 3 aromatic rings. The summed E-state index contributed by atoms with van der Waals surface area (Å²) in [6.07, 6.45) is 7.77. The molecule has 7 heteroatoms. The van der Waals surface area contributed by atoms with Crippen LogP contribution in [0.25, 0.3) is 22.3 Å². The highest BCUT2D eigenvalue weighted by molar-refractivity contribution is 7.08. The van der Waals surface area contributed by atoms with Crippen LogP contribution in [0.1, 0.15) is 30.0 Å².